The molecule has 0 amide bonds. The molecule has 1 aromatic carbocycles. The quantitative estimate of drug-likeness (QED) is 0.850. The van der Waals surface area contributed by atoms with E-state index in [9.17, 15) is 0 Å². The number of nitrogens with two attached hydrogens (primary N) is 1. The number of benzene rings is 1. The number of hydrogen-bond acceptors (Lipinski definition) is 3. The second-order valence-corrected chi connectivity index (χ2v) is 4.45. The van der Waals surface area contributed by atoms with Crippen LogP contribution in [0.2, 0.25) is 0 Å². The van der Waals surface area contributed by atoms with Gasteiger partial charge in [0.15, 0.2) is 11.5 Å². The van der Waals surface area contributed by atoms with E-state index in [1.807, 2.05) is 12.1 Å². The molecule has 0 aliphatic carbocycles. The molecule has 0 spiro atoms. The molecule has 0 bridgehead atoms. The first kappa shape index (κ1) is 11.3. The van der Waals surface area contributed by atoms with Gasteiger partial charge >= 0.3 is 0 Å². The SMILES string of the molecule is CCC(C)(CN)c1cccc2c1OCCO2. The molecule has 88 valence electrons. The first-order valence-corrected chi connectivity index (χ1v) is 5.80. The van der Waals surface area contributed by atoms with Crippen molar-refractivity contribution < 1.29 is 9.47 Å². The van der Waals surface area contributed by atoms with E-state index >= 15 is 0 Å². The molecule has 3 nitrogen and oxygen atoms in total. The molecule has 1 unspecified atom stereocenters. The van der Waals surface area contributed by atoms with E-state index in [4.69, 9.17) is 15.2 Å². The molecule has 2 N–H and O–H groups in total. The van der Waals surface area contributed by atoms with Crippen LogP contribution in [-0.4, -0.2) is 19.8 Å². The topological polar surface area (TPSA) is 44.5 Å². The lowest BCUT2D eigenvalue weighted by Crippen LogP contribution is -2.32. The Labute approximate surface area is 96.5 Å². The Kier molecular flexibility index (Phi) is 3.06. The zero-order valence-electron chi connectivity index (χ0n) is 9.95. The molecule has 0 saturated carbocycles. The maximum atomic E-state index is 5.89. The Hall–Kier alpha value is -1.22. The predicted molar refractivity (Wildman–Crippen MR) is 64.1 cm³/mol. The molecule has 1 atom stereocenters. The summed E-state index contributed by atoms with van der Waals surface area (Å²) in [6, 6.07) is 6.04. The third-order valence-corrected chi connectivity index (χ3v) is 3.45. The largest absolute Gasteiger partial charge is 0.486 e. The van der Waals surface area contributed by atoms with Crippen molar-refractivity contribution in [1.29, 1.82) is 0 Å². The number of rotatable bonds is 3. The molecule has 1 heterocycles. The molecular weight excluding hydrogens is 202 g/mol. The third-order valence-electron chi connectivity index (χ3n) is 3.45. The van der Waals surface area contributed by atoms with E-state index in [1.54, 1.807) is 0 Å². The van der Waals surface area contributed by atoms with Crippen molar-refractivity contribution in [3.05, 3.63) is 23.8 Å². The van der Waals surface area contributed by atoms with Gasteiger partial charge in [-0.25, -0.2) is 0 Å². The van der Waals surface area contributed by atoms with Crippen LogP contribution in [0, 0.1) is 0 Å². The highest BCUT2D eigenvalue weighted by Crippen LogP contribution is 2.41. The van der Waals surface area contributed by atoms with Crippen LogP contribution in [0.4, 0.5) is 0 Å². The van der Waals surface area contributed by atoms with Gasteiger partial charge in [-0.3, -0.25) is 0 Å². The van der Waals surface area contributed by atoms with Crippen molar-refractivity contribution in [2.24, 2.45) is 5.73 Å². The minimum atomic E-state index is -0.0357. The molecule has 16 heavy (non-hydrogen) atoms. The smallest absolute Gasteiger partial charge is 0.165 e. The molecule has 0 saturated heterocycles. The van der Waals surface area contributed by atoms with Gasteiger partial charge in [-0.2, -0.15) is 0 Å². The normalized spacial score (nSPS) is 17.9. The Morgan fingerprint density at radius 1 is 1.31 bits per heavy atom. The number of hydrogen-bond donors (Lipinski definition) is 1. The van der Waals surface area contributed by atoms with Crippen molar-refractivity contribution in [2.45, 2.75) is 25.7 Å². The van der Waals surface area contributed by atoms with E-state index in [0.29, 0.717) is 19.8 Å². The van der Waals surface area contributed by atoms with Crippen LogP contribution in [0.15, 0.2) is 18.2 Å². The van der Waals surface area contributed by atoms with Gasteiger partial charge in [-0.1, -0.05) is 26.0 Å². The van der Waals surface area contributed by atoms with Crippen molar-refractivity contribution in [3.8, 4) is 11.5 Å². The van der Waals surface area contributed by atoms with E-state index in [2.05, 4.69) is 19.9 Å². The van der Waals surface area contributed by atoms with Crippen molar-refractivity contribution in [1.82, 2.24) is 0 Å². The summed E-state index contributed by atoms with van der Waals surface area (Å²) in [5.74, 6) is 1.72. The van der Waals surface area contributed by atoms with Gasteiger partial charge in [0, 0.05) is 17.5 Å². The lowest BCUT2D eigenvalue weighted by molar-refractivity contribution is 0.167. The number of fused-ring (bicyclic) bond motifs is 1. The molecule has 0 radical (unpaired) electrons. The summed E-state index contributed by atoms with van der Waals surface area (Å²) in [6.07, 6.45) is 0.989. The third kappa shape index (κ3) is 1.76. The van der Waals surface area contributed by atoms with Gasteiger partial charge in [0.2, 0.25) is 0 Å². The molecule has 0 aromatic heterocycles. The molecule has 2 rings (SSSR count). The summed E-state index contributed by atoms with van der Waals surface area (Å²) in [5, 5.41) is 0. The van der Waals surface area contributed by atoms with E-state index < -0.39 is 0 Å². The zero-order chi connectivity index (χ0) is 11.6. The summed E-state index contributed by atoms with van der Waals surface area (Å²) in [7, 11) is 0. The average Bonchev–Trinajstić information content (AvgIpc) is 2.37. The van der Waals surface area contributed by atoms with E-state index in [1.165, 1.54) is 0 Å². The summed E-state index contributed by atoms with van der Waals surface area (Å²) in [4.78, 5) is 0. The molecule has 1 aromatic rings. The summed E-state index contributed by atoms with van der Waals surface area (Å²) < 4.78 is 11.3. The highest BCUT2D eigenvalue weighted by atomic mass is 16.6. The standard InChI is InChI=1S/C13H19NO2/c1-3-13(2,9-14)10-5-4-6-11-12(10)16-8-7-15-11/h4-6H,3,7-9,14H2,1-2H3. The van der Waals surface area contributed by atoms with Crippen LogP contribution in [0.3, 0.4) is 0 Å². The van der Waals surface area contributed by atoms with Crippen LogP contribution < -0.4 is 15.2 Å². The number of ether oxygens (including phenoxy) is 2. The van der Waals surface area contributed by atoms with Gasteiger partial charge in [-0.05, 0) is 12.5 Å². The minimum absolute atomic E-state index is 0.0357. The van der Waals surface area contributed by atoms with Gasteiger partial charge < -0.3 is 15.2 Å². The summed E-state index contributed by atoms with van der Waals surface area (Å²) in [5.41, 5.74) is 7.01. The summed E-state index contributed by atoms with van der Waals surface area (Å²) in [6.45, 7) is 6.18. The fraction of sp³-hybridized carbons (Fsp3) is 0.538. The maximum Gasteiger partial charge on any atom is 0.165 e. The van der Waals surface area contributed by atoms with Crippen LogP contribution in [0.5, 0.6) is 11.5 Å². The minimum Gasteiger partial charge on any atom is -0.486 e. The van der Waals surface area contributed by atoms with Gasteiger partial charge in [0.25, 0.3) is 0 Å². The molecule has 0 fully saturated rings. The molecule has 1 aliphatic heterocycles. The molecule has 1 aliphatic rings. The fourth-order valence-corrected chi connectivity index (χ4v) is 1.99. The van der Waals surface area contributed by atoms with Crippen molar-refractivity contribution in [2.75, 3.05) is 19.8 Å². The van der Waals surface area contributed by atoms with E-state index in [0.717, 1.165) is 23.5 Å². The first-order valence-electron chi connectivity index (χ1n) is 5.80. The second-order valence-electron chi connectivity index (χ2n) is 4.45. The molecular formula is C13H19NO2. The number of para-hydroxylation sites is 1. The fourth-order valence-electron chi connectivity index (χ4n) is 1.99. The van der Waals surface area contributed by atoms with Crippen LogP contribution in [0.1, 0.15) is 25.8 Å². The second kappa shape index (κ2) is 4.34. The monoisotopic (exact) mass is 221 g/mol. The average molecular weight is 221 g/mol. The van der Waals surface area contributed by atoms with E-state index in [-0.39, 0.29) is 5.41 Å². The Balaban J connectivity index is 2.48. The Morgan fingerprint density at radius 2 is 2.06 bits per heavy atom. The Morgan fingerprint density at radius 3 is 2.75 bits per heavy atom. The molecule has 3 heteroatoms. The van der Waals surface area contributed by atoms with Gasteiger partial charge in [0.1, 0.15) is 13.2 Å². The first-order chi connectivity index (χ1) is 7.71. The lowest BCUT2D eigenvalue weighted by atomic mass is 9.79. The van der Waals surface area contributed by atoms with Crippen LogP contribution in [0.25, 0.3) is 0 Å². The highest BCUT2D eigenvalue weighted by Gasteiger charge is 2.29. The van der Waals surface area contributed by atoms with Crippen molar-refractivity contribution >= 4 is 0 Å². The highest BCUT2D eigenvalue weighted by molar-refractivity contribution is 5.50. The predicted octanol–water partition coefficient (Wildman–Crippen LogP) is 2.08. The zero-order valence-corrected chi connectivity index (χ0v) is 9.95. The Bertz CT molecular complexity index is 372. The maximum absolute atomic E-state index is 5.89. The van der Waals surface area contributed by atoms with Gasteiger partial charge in [-0.15, -0.1) is 0 Å². The van der Waals surface area contributed by atoms with Crippen LogP contribution >= 0.6 is 0 Å². The summed E-state index contributed by atoms with van der Waals surface area (Å²) >= 11 is 0. The lowest BCUT2D eigenvalue weighted by Gasteiger charge is -2.31. The van der Waals surface area contributed by atoms with Gasteiger partial charge in [0.05, 0.1) is 0 Å². The van der Waals surface area contributed by atoms with Crippen molar-refractivity contribution in [3.63, 3.8) is 0 Å². The van der Waals surface area contributed by atoms with Crippen LogP contribution in [-0.2, 0) is 5.41 Å².